The predicted octanol–water partition coefficient (Wildman–Crippen LogP) is 4.62. The number of carbonyl (C=O) groups is 1. The van der Waals surface area contributed by atoms with Crippen molar-refractivity contribution < 1.29 is 9.53 Å². The molecule has 1 saturated carbocycles. The van der Waals surface area contributed by atoms with E-state index in [0.717, 1.165) is 18.8 Å². The third kappa shape index (κ3) is 4.66. The summed E-state index contributed by atoms with van der Waals surface area (Å²) < 4.78 is 4.94. The van der Waals surface area contributed by atoms with Crippen molar-refractivity contribution in [3.63, 3.8) is 0 Å². The molecular formula is C18H26O2. The highest BCUT2D eigenvalue weighted by Gasteiger charge is 2.14. The first-order valence-corrected chi connectivity index (χ1v) is 8.04. The van der Waals surface area contributed by atoms with Crippen molar-refractivity contribution in [3.05, 3.63) is 35.4 Å². The Morgan fingerprint density at radius 2 is 1.85 bits per heavy atom. The van der Waals surface area contributed by atoms with Gasteiger partial charge >= 0.3 is 5.97 Å². The topological polar surface area (TPSA) is 26.3 Å². The monoisotopic (exact) mass is 274 g/mol. The van der Waals surface area contributed by atoms with Crippen molar-refractivity contribution in [1.82, 2.24) is 0 Å². The molecule has 0 spiro atoms. The van der Waals surface area contributed by atoms with Crippen molar-refractivity contribution in [2.24, 2.45) is 0 Å². The fourth-order valence-electron chi connectivity index (χ4n) is 3.06. The van der Waals surface area contributed by atoms with Crippen LogP contribution in [0, 0.1) is 0 Å². The van der Waals surface area contributed by atoms with Gasteiger partial charge in [0.15, 0.2) is 0 Å². The maximum atomic E-state index is 11.3. The first-order valence-electron chi connectivity index (χ1n) is 8.04. The lowest BCUT2D eigenvalue weighted by Gasteiger charge is -2.22. The van der Waals surface area contributed by atoms with E-state index in [0.29, 0.717) is 13.0 Å². The summed E-state index contributed by atoms with van der Waals surface area (Å²) in [5.41, 5.74) is 2.83. The van der Waals surface area contributed by atoms with E-state index in [-0.39, 0.29) is 5.97 Å². The fraction of sp³-hybridized carbons (Fsp3) is 0.611. The fourth-order valence-corrected chi connectivity index (χ4v) is 3.06. The van der Waals surface area contributed by atoms with Crippen molar-refractivity contribution in [2.75, 3.05) is 6.61 Å². The average molecular weight is 274 g/mol. The molecule has 1 aliphatic rings. The van der Waals surface area contributed by atoms with Crippen LogP contribution in [0.3, 0.4) is 0 Å². The zero-order valence-electron chi connectivity index (χ0n) is 12.6. The number of esters is 1. The molecule has 0 unspecified atom stereocenters. The summed E-state index contributed by atoms with van der Waals surface area (Å²) in [5, 5.41) is 0. The number of ether oxygens (including phenoxy) is 1. The molecule has 2 heteroatoms. The Kier molecular flexibility index (Phi) is 6.10. The largest absolute Gasteiger partial charge is 0.466 e. The van der Waals surface area contributed by atoms with E-state index in [1.54, 1.807) is 0 Å². The second kappa shape index (κ2) is 8.08. The zero-order valence-corrected chi connectivity index (χ0v) is 12.6. The van der Waals surface area contributed by atoms with E-state index in [9.17, 15) is 4.79 Å². The molecule has 0 heterocycles. The molecule has 1 aromatic rings. The summed E-state index contributed by atoms with van der Waals surface area (Å²) in [6, 6.07) is 9.04. The molecule has 0 saturated heterocycles. The Labute approximate surface area is 122 Å². The van der Waals surface area contributed by atoms with Crippen LogP contribution in [0.15, 0.2) is 24.3 Å². The van der Waals surface area contributed by atoms with Crippen LogP contribution in [0.5, 0.6) is 0 Å². The average Bonchev–Trinajstić information content (AvgIpc) is 2.49. The van der Waals surface area contributed by atoms with E-state index in [1.165, 1.54) is 43.2 Å². The third-order valence-corrected chi connectivity index (χ3v) is 4.21. The first kappa shape index (κ1) is 15.1. The Morgan fingerprint density at radius 1 is 1.15 bits per heavy atom. The number of rotatable bonds is 6. The van der Waals surface area contributed by atoms with Gasteiger partial charge in [-0.3, -0.25) is 4.79 Å². The maximum absolute atomic E-state index is 11.3. The SMILES string of the molecule is CCOC(=O)CCCc1ccc(C2CCCCC2)cc1. The highest BCUT2D eigenvalue weighted by Crippen LogP contribution is 2.32. The van der Waals surface area contributed by atoms with E-state index in [1.807, 2.05) is 6.92 Å². The number of carbonyl (C=O) groups excluding carboxylic acids is 1. The van der Waals surface area contributed by atoms with Gasteiger partial charge in [-0.05, 0) is 49.7 Å². The van der Waals surface area contributed by atoms with Crippen molar-refractivity contribution in [1.29, 1.82) is 0 Å². The van der Waals surface area contributed by atoms with Crippen molar-refractivity contribution in [2.45, 2.75) is 64.2 Å². The second-order valence-electron chi connectivity index (χ2n) is 5.74. The van der Waals surface area contributed by atoms with Crippen LogP contribution in [0.4, 0.5) is 0 Å². The van der Waals surface area contributed by atoms with Gasteiger partial charge in [0.05, 0.1) is 6.61 Å². The standard InChI is InChI=1S/C18H26O2/c1-2-20-18(19)10-6-7-15-11-13-17(14-12-15)16-8-4-3-5-9-16/h11-14,16H,2-10H2,1H3. The minimum absolute atomic E-state index is 0.0775. The molecule has 0 aliphatic heterocycles. The van der Waals surface area contributed by atoms with Gasteiger partial charge in [-0.15, -0.1) is 0 Å². The Morgan fingerprint density at radius 3 is 2.50 bits per heavy atom. The van der Waals surface area contributed by atoms with E-state index in [4.69, 9.17) is 4.74 Å². The predicted molar refractivity (Wildman–Crippen MR) is 81.8 cm³/mol. The molecule has 0 amide bonds. The number of aryl methyl sites for hydroxylation is 1. The molecule has 2 nitrogen and oxygen atoms in total. The van der Waals surface area contributed by atoms with Gasteiger partial charge in [-0.25, -0.2) is 0 Å². The van der Waals surface area contributed by atoms with Gasteiger partial charge in [0.2, 0.25) is 0 Å². The summed E-state index contributed by atoms with van der Waals surface area (Å²) >= 11 is 0. The van der Waals surface area contributed by atoms with E-state index >= 15 is 0 Å². The molecule has 1 aromatic carbocycles. The first-order chi connectivity index (χ1) is 9.79. The lowest BCUT2D eigenvalue weighted by Crippen LogP contribution is -2.05. The zero-order chi connectivity index (χ0) is 14.2. The Bertz CT molecular complexity index is 402. The molecule has 1 aliphatic carbocycles. The van der Waals surface area contributed by atoms with Crippen LogP contribution in [-0.4, -0.2) is 12.6 Å². The van der Waals surface area contributed by atoms with Crippen molar-refractivity contribution >= 4 is 5.97 Å². The van der Waals surface area contributed by atoms with Crippen LogP contribution >= 0.6 is 0 Å². The second-order valence-corrected chi connectivity index (χ2v) is 5.74. The summed E-state index contributed by atoms with van der Waals surface area (Å²) in [4.78, 5) is 11.3. The highest BCUT2D eigenvalue weighted by molar-refractivity contribution is 5.69. The summed E-state index contributed by atoms with van der Waals surface area (Å²) in [6.07, 6.45) is 9.23. The van der Waals surface area contributed by atoms with Gasteiger partial charge in [-0.1, -0.05) is 43.5 Å². The highest BCUT2D eigenvalue weighted by atomic mass is 16.5. The third-order valence-electron chi connectivity index (χ3n) is 4.21. The minimum Gasteiger partial charge on any atom is -0.466 e. The van der Waals surface area contributed by atoms with Gasteiger partial charge in [0, 0.05) is 6.42 Å². The van der Waals surface area contributed by atoms with Crippen LogP contribution in [0.1, 0.15) is 68.9 Å². The molecule has 0 bridgehead atoms. The van der Waals surface area contributed by atoms with Crippen LogP contribution in [0.25, 0.3) is 0 Å². The molecule has 0 N–H and O–H groups in total. The Balaban J connectivity index is 1.77. The van der Waals surface area contributed by atoms with Crippen LogP contribution in [-0.2, 0) is 16.0 Å². The summed E-state index contributed by atoms with van der Waals surface area (Å²) in [5.74, 6) is 0.698. The molecular weight excluding hydrogens is 248 g/mol. The molecule has 1 fully saturated rings. The Hall–Kier alpha value is -1.31. The molecule has 110 valence electrons. The number of hydrogen-bond acceptors (Lipinski definition) is 2. The van der Waals surface area contributed by atoms with Gasteiger partial charge in [0.25, 0.3) is 0 Å². The smallest absolute Gasteiger partial charge is 0.305 e. The minimum atomic E-state index is -0.0775. The maximum Gasteiger partial charge on any atom is 0.305 e. The molecule has 20 heavy (non-hydrogen) atoms. The molecule has 0 atom stereocenters. The normalized spacial score (nSPS) is 16.1. The quantitative estimate of drug-likeness (QED) is 0.707. The lowest BCUT2D eigenvalue weighted by molar-refractivity contribution is -0.143. The summed E-state index contributed by atoms with van der Waals surface area (Å²) in [7, 11) is 0. The van der Waals surface area contributed by atoms with Crippen molar-refractivity contribution in [3.8, 4) is 0 Å². The van der Waals surface area contributed by atoms with Crippen LogP contribution < -0.4 is 0 Å². The lowest BCUT2D eigenvalue weighted by atomic mass is 9.84. The van der Waals surface area contributed by atoms with Gasteiger partial charge in [-0.2, -0.15) is 0 Å². The van der Waals surface area contributed by atoms with E-state index < -0.39 is 0 Å². The van der Waals surface area contributed by atoms with Gasteiger partial charge < -0.3 is 4.74 Å². The molecule has 0 radical (unpaired) electrons. The van der Waals surface area contributed by atoms with Crippen LogP contribution in [0.2, 0.25) is 0 Å². The molecule has 0 aromatic heterocycles. The molecule has 2 rings (SSSR count). The number of benzene rings is 1. The van der Waals surface area contributed by atoms with Gasteiger partial charge in [0.1, 0.15) is 0 Å². The van der Waals surface area contributed by atoms with E-state index in [2.05, 4.69) is 24.3 Å². The summed E-state index contributed by atoms with van der Waals surface area (Å²) in [6.45, 7) is 2.33. The number of hydrogen-bond donors (Lipinski definition) is 0.